The van der Waals surface area contributed by atoms with Gasteiger partial charge in [-0.25, -0.2) is 0 Å². The molecule has 0 fully saturated rings. The first kappa shape index (κ1) is 23.1. The van der Waals surface area contributed by atoms with Crippen molar-refractivity contribution in [2.24, 2.45) is 0 Å². The fourth-order valence-corrected chi connectivity index (χ4v) is 2.52. The molecular weight excluding hydrogens is 348 g/mol. The molecule has 1 aromatic rings. The summed E-state index contributed by atoms with van der Waals surface area (Å²) in [5.41, 5.74) is 1.98. The van der Waals surface area contributed by atoms with Crippen LogP contribution in [-0.4, -0.2) is 13.2 Å². The summed E-state index contributed by atoms with van der Waals surface area (Å²) >= 11 is 0. The Morgan fingerprint density at radius 1 is 0.964 bits per heavy atom. The van der Waals surface area contributed by atoms with E-state index in [0.717, 1.165) is 49.0 Å². The average molecular weight is 379 g/mol. The fraction of sp³-hybridized carbons (Fsp3) is 0.417. The molecule has 0 aliphatic heterocycles. The molecule has 0 aliphatic carbocycles. The molecule has 0 amide bonds. The van der Waals surface area contributed by atoms with Gasteiger partial charge in [0, 0.05) is 0 Å². The number of nitriles is 2. The van der Waals surface area contributed by atoms with Gasteiger partial charge in [-0.1, -0.05) is 50.1 Å². The number of ether oxygens (including phenoxy) is 2. The molecule has 148 valence electrons. The summed E-state index contributed by atoms with van der Waals surface area (Å²) in [6.07, 6.45) is 11.9. The monoisotopic (exact) mass is 378 g/mol. The summed E-state index contributed by atoms with van der Waals surface area (Å²) in [7, 11) is 0. The van der Waals surface area contributed by atoms with Gasteiger partial charge in [0.05, 0.1) is 38.2 Å². The zero-order valence-corrected chi connectivity index (χ0v) is 16.8. The number of rotatable bonds is 14. The standard InChI is InChI=1S/C24H30N2O2/c1-3-22(15-17-25)10-9-21(2)27-19-7-5-4-6-8-20-28-24-13-11-23(12-14-24)16-18-26/h3,9-14H,2,4-8,15-16,19-20H2,1H3/b10-9-,22-3+. The van der Waals surface area contributed by atoms with Crippen molar-refractivity contribution in [1.29, 1.82) is 10.5 Å². The van der Waals surface area contributed by atoms with E-state index in [1.54, 1.807) is 0 Å². The number of benzene rings is 1. The Bertz CT molecular complexity index is 718. The van der Waals surface area contributed by atoms with Gasteiger partial charge in [-0.05, 0) is 49.1 Å². The Morgan fingerprint density at radius 2 is 1.64 bits per heavy atom. The molecule has 28 heavy (non-hydrogen) atoms. The van der Waals surface area contributed by atoms with E-state index in [4.69, 9.17) is 20.0 Å². The lowest BCUT2D eigenvalue weighted by molar-refractivity contribution is 0.217. The third-order valence-corrected chi connectivity index (χ3v) is 4.19. The highest BCUT2D eigenvalue weighted by molar-refractivity contribution is 5.28. The van der Waals surface area contributed by atoms with E-state index in [9.17, 15) is 0 Å². The van der Waals surface area contributed by atoms with Crippen LogP contribution in [0.15, 0.2) is 60.4 Å². The largest absolute Gasteiger partial charge is 0.494 e. The van der Waals surface area contributed by atoms with Crippen LogP contribution in [0.25, 0.3) is 0 Å². The highest BCUT2D eigenvalue weighted by atomic mass is 16.5. The molecule has 1 aromatic carbocycles. The molecular formula is C24H30N2O2. The van der Waals surface area contributed by atoms with Crippen LogP contribution in [-0.2, 0) is 11.2 Å². The van der Waals surface area contributed by atoms with E-state index in [2.05, 4.69) is 18.7 Å². The van der Waals surface area contributed by atoms with Crippen LogP contribution < -0.4 is 4.74 Å². The van der Waals surface area contributed by atoms with E-state index in [1.807, 2.05) is 49.4 Å². The topological polar surface area (TPSA) is 66.0 Å². The van der Waals surface area contributed by atoms with Crippen molar-refractivity contribution in [1.82, 2.24) is 0 Å². The molecule has 0 radical (unpaired) electrons. The second kappa shape index (κ2) is 15.1. The summed E-state index contributed by atoms with van der Waals surface area (Å²) in [5.74, 6) is 1.49. The summed E-state index contributed by atoms with van der Waals surface area (Å²) in [6.45, 7) is 7.17. The number of nitrogens with zero attached hydrogens (tertiary/aromatic N) is 2. The van der Waals surface area contributed by atoms with Gasteiger partial charge in [-0.3, -0.25) is 0 Å². The summed E-state index contributed by atoms with van der Waals surface area (Å²) in [5, 5.41) is 17.4. The molecule has 0 spiro atoms. The van der Waals surface area contributed by atoms with E-state index < -0.39 is 0 Å². The van der Waals surface area contributed by atoms with Crippen LogP contribution in [0.1, 0.15) is 51.0 Å². The minimum Gasteiger partial charge on any atom is -0.494 e. The summed E-state index contributed by atoms with van der Waals surface area (Å²) < 4.78 is 11.3. The zero-order valence-electron chi connectivity index (χ0n) is 16.8. The summed E-state index contributed by atoms with van der Waals surface area (Å²) in [4.78, 5) is 0. The third kappa shape index (κ3) is 10.9. The van der Waals surface area contributed by atoms with Gasteiger partial charge in [-0.2, -0.15) is 10.5 Å². The molecule has 0 aromatic heterocycles. The number of hydrogen-bond acceptors (Lipinski definition) is 4. The van der Waals surface area contributed by atoms with E-state index in [-0.39, 0.29) is 0 Å². The number of hydrogen-bond donors (Lipinski definition) is 0. The van der Waals surface area contributed by atoms with Gasteiger partial charge in [-0.15, -0.1) is 0 Å². The molecule has 0 saturated carbocycles. The Kier molecular flexibility index (Phi) is 12.4. The highest BCUT2D eigenvalue weighted by Gasteiger charge is 1.97. The molecule has 0 bridgehead atoms. The smallest absolute Gasteiger partial charge is 0.119 e. The van der Waals surface area contributed by atoms with Gasteiger partial charge in [0.25, 0.3) is 0 Å². The molecule has 4 nitrogen and oxygen atoms in total. The van der Waals surface area contributed by atoms with Crippen molar-refractivity contribution in [2.45, 2.75) is 51.9 Å². The van der Waals surface area contributed by atoms with Crippen LogP contribution >= 0.6 is 0 Å². The molecule has 1 rings (SSSR count). The van der Waals surface area contributed by atoms with Crippen molar-refractivity contribution in [3.05, 3.63) is 66.0 Å². The number of unbranched alkanes of at least 4 members (excludes halogenated alkanes) is 4. The zero-order chi connectivity index (χ0) is 20.5. The quantitative estimate of drug-likeness (QED) is 0.225. The van der Waals surface area contributed by atoms with Crippen molar-refractivity contribution in [2.75, 3.05) is 13.2 Å². The normalized spacial score (nSPS) is 11.0. The first-order valence-electron chi connectivity index (χ1n) is 9.80. The molecule has 4 heteroatoms. The predicted octanol–water partition coefficient (Wildman–Crippen LogP) is 6.03. The Hall–Kier alpha value is -2.98. The van der Waals surface area contributed by atoms with Crippen molar-refractivity contribution < 1.29 is 9.47 Å². The predicted molar refractivity (Wildman–Crippen MR) is 113 cm³/mol. The molecule has 0 saturated heterocycles. The second-order valence-corrected chi connectivity index (χ2v) is 6.44. The van der Waals surface area contributed by atoms with Gasteiger partial charge in [0.15, 0.2) is 0 Å². The molecule has 0 unspecified atom stereocenters. The van der Waals surface area contributed by atoms with Crippen LogP contribution in [0.4, 0.5) is 0 Å². The summed E-state index contributed by atoms with van der Waals surface area (Å²) in [6, 6.07) is 12.0. The maximum absolute atomic E-state index is 8.70. The molecule has 0 atom stereocenters. The maximum atomic E-state index is 8.70. The lowest BCUT2D eigenvalue weighted by Gasteiger charge is -2.07. The Morgan fingerprint density at radius 3 is 2.29 bits per heavy atom. The van der Waals surface area contributed by atoms with Crippen LogP contribution in [0, 0.1) is 22.7 Å². The second-order valence-electron chi connectivity index (χ2n) is 6.44. The molecule has 0 aliphatic rings. The lowest BCUT2D eigenvalue weighted by atomic mass is 10.1. The van der Waals surface area contributed by atoms with E-state index in [1.165, 1.54) is 0 Å². The van der Waals surface area contributed by atoms with Crippen LogP contribution in [0.2, 0.25) is 0 Å². The average Bonchev–Trinajstić information content (AvgIpc) is 2.71. The lowest BCUT2D eigenvalue weighted by Crippen LogP contribution is -1.98. The SMILES string of the molecule is C=C(/C=C\C(=C/C)CC#N)OCCCCCCCOc1ccc(CC#N)cc1. The Labute approximate surface area is 169 Å². The Balaban J connectivity index is 2.01. The van der Waals surface area contributed by atoms with Gasteiger partial charge in [0.2, 0.25) is 0 Å². The molecule has 0 N–H and O–H groups in total. The minimum absolute atomic E-state index is 0.399. The van der Waals surface area contributed by atoms with E-state index in [0.29, 0.717) is 31.8 Å². The fourth-order valence-electron chi connectivity index (χ4n) is 2.52. The van der Waals surface area contributed by atoms with Crippen molar-refractivity contribution in [3.8, 4) is 17.9 Å². The van der Waals surface area contributed by atoms with Crippen LogP contribution in [0.3, 0.4) is 0 Å². The van der Waals surface area contributed by atoms with Gasteiger partial charge >= 0.3 is 0 Å². The van der Waals surface area contributed by atoms with Gasteiger partial charge in [0.1, 0.15) is 11.5 Å². The number of allylic oxidation sites excluding steroid dienone is 4. The highest BCUT2D eigenvalue weighted by Crippen LogP contribution is 2.13. The first-order chi connectivity index (χ1) is 13.7. The third-order valence-electron chi connectivity index (χ3n) is 4.19. The van der Waals surface area contributed by atoms with E-state index >= 15 is 0 Å². The maximum Gasteiger partial charge on any atom is 0.119 e. The van der Waals surface area contributed by atoms with Crippen molar-refractivity contribution >= 4 is 0 Å². The molecule has 0 heterocycles. The van der Waals surface area contributed by atoms with Crippen molar-refractivity contribution in [3.63, 3.8) is 0 Å². The first-order valence-corrected chi connectivity index (χ1v) is 9.80. The van der Waals surface area contributed by atoms with Crippen LogP contribution in [0.5, 0.6) is 5.75 Å². The minimum atomic E-state index is 0.399. The van der Waals surface area contributed by atoms with Gasteiger partial charge < -0.3 is 9.47 Å².